The largest absolute Gasteiger partial charge is 0.345 e. The van der Waals surface area contributed by atoms with Crippen molar-refractivity contribution in [2.45, 2.75) is 51.9 Å². The van der Waals surface area contributed by atoms with Crippen molar-refractivity contribution in [1.82, 2.24) is 4.90 Å². The summed E-state index contributed by atoms with van der Waals surface area (Å²) in [5.74, 6) is 2.80. The molecule has 4 aliphatic carbocycles. The highest BCUT2D eigenvalue weighted by Gasteiger charge is 2.51. The van der Waals surface area contributed by atoms with Crippen LogP contribution >= 0.6 is 0 Å². The Hall–Kier alpha value is -1.04. The maximum Gasteiger partial charge on any atom is 0.226 e. The molecular weight excluding hydrogens is 248 g/mol. The molecule has 0 heterocycles. The molecule has 0 aliphatic heterocycles. The zero-order valence-corrected chi connectivity index (χ0v) is 12.8. The lowest BCUT2D eigenvalue weighted by molar-refractivity contribution is -0.138. The topological polar surface area (TPSA) is 44.1 Å². The van der Waals surface area contributed by atoms with Crippen LogP contribution in [-0.4, -0.2) is 24.4 Å². The molecule has 0 aromatic carbocycles. The lowest BCUT2D eigenvalue weighted by Gasteiger charge is -2.57. The Morgan fingerprint density at radius 2 is 1.75 bits per heavy atom. The van der Waals surface area contributed by atoms with Crippen LogP contribution < -0.4 is 0 Å². The van der Waals surface area contributed by atoms with E-state index in [-0.39, 0.29) is 11.8 Å². The number of nitrogens with zero attached hydrogens (tertiary/aromatic N) is 2. The Labute approximate surface area is 122 Å². The molecule has 0 aromatic heterocycles. The van der Waals surface area contributed by atoms with Gasteiger partial charge in [-0.15, -0.1) is 0 Å². The Kier molecular flexibility index (Phi) is 3.52. The van der Waals surface area contributed by atoms with Crippen molar-refractivity contribution in [3.8, 4) is 6.07 Å². The van der Waals surface area contributed by atoms with Crippen molar-refractivity contribution >= 4 is 5.91 Å². The van der Waals surface area contributed by atoms with E-state index in [9.17, 15) is 4.79 Å². The van der Waals surface area contributed by atoms with Crippen LogP contribution in [0, 0.1) is 40.4 Å². The summed E-state index contributed by atoms with van der Waals surface area (Å²) in [5.41, 5.74) is 0.408. The summed E-state index contributed by atoms with van der Waals surface area (Å²) in [6.45, 7) is 2.80. The van der Waals surface area contributed by atoms with Gasteiger partial charge in [-0.05, 0) is 61.7 Å². The van der Waals surface area contributed by atoms with Crippen molar-refractivity contribution in [1.29, 1.82) is 5.26 Å². The van der Waals surface area contributed by atoms with Gasteiger partial charge in [0, 0.05) is 25.9 Å². The second-order valence-electron chi connectivity index (χ2n) is 7.88. The maximum atomic E-state index is 12.3. The van der Waals surface area contributed by atoms with Gasteiger partial charge in [0.25, 0.3) is 0 Å². The van der Waals surface area contributed by atoms with E-state index >= 15 is 0 Å². The molecule has 0 saturated heterocycles. The molecule has 0 aromatic rings. The van der Waals surface area contributed by atoms with E-state index in [4.69, 9.17) is 5.26 Å². The number of carbonyl (C=O) groups is 1. The number of amides is 1. The zero-order chi connectivity index (χ0) is 14.3. The average Bonchev–Trinajstić information content (AvgIpc) is 2.35. The summed E-state index contributed by atoms with van der Waals surface area (Å²) in [7, 11) is 1.94. The van der Waals surface area contributed by atoms with Gasteiger partial charge in [0.2, 0.25) is 5.91 Å². The van der Waals surface area contributed by atoms with Crippen LogP contribution in [0.15, 0.2) is 0 Å². The molecule has 1 amide bonds. The molecule has 3 heteroatoms. The van der Waals surface area contributed by atoms with Gasteiger partial charge in [-0.1, -0.05) is 6.92 Å². The Morgan fingerprint density at radius 1 is 1.25 bits per heavy atom. The van der Waals surface area contributed by atoms with Gasteiger partial charge in [-0.2, -0.15) is 5.26 Å². The predicted molar refractivity (Wildman–Crippen MR) is 77.6 cm³/mol. The molecule has 4 saturated carbocycles. The van der Waals surface area contributed by atoms with E-state index in [1.165, 1.54) is 38.5 Å². The van der Waals surface area contributed by atoms with Crippen molar-refractivity contribution < 1.29 is 4.79 Å². The van der Waals surface area contributed by atoms with Crippen LogP contribution in [0.25, 0.3) is 0 Å². The normalized spacial score (nSPS) is 39.4. The van der Waals surface area contributed by atoms with E-state index in [0.29, 0.717) is 11.8 Å². The van der Waals surface area contributed by atoms with Crippen molar-refractivity contribution in [2.24, 2.45) is 29.1 Å². The molecule has 1 unspecified atom stereocenters. The number of nitriles is 1. The second kappa shape index (κ2) is 5.06. The molecule has 20 heavy (non-hydrogen) atoms. The quantitative estimate of drug-likeness (QED) is 0.790. The van der Waals surface area contributed by atoms with Gasteiger partial charge in [-0.25, -0.2) is 0 Å². The fraction of sp³-hybridized carbons (Fsp3) is 0.882. The third kappa shape index (κ3) is 2.45. The van der Waals surface area contributed by atoms with Gasteiger partial charge in [-0.3, -0.25) is 4.79 Å². The standard InChI is InChI=1S/C17H26N2O/c1-12(3-4-18)16(20)19(2)11-17-8-13-5-14(9-17)7-15(6-13)10-17/h12-15H,3,5-11H2,1-2H3. The summed E-state index contributed by atoms with van der Waals surface area (Å²) in [6, 6.07) is 2.12. The molecular formula is C17H26N2O. The van der Waals surface area contributed by atoms with Gasteiger partial charge in [0.1, 0.15) is 0 Å². The monoisotopic (exact) mass is 274 g/mol. The van der Waals surface area contributed by atoms with E-state index < -0.39 is 0 Å². The highest BCUT2D eigenvalue weighted by molar-refractivity contribution is 5.78. The van der Waals surface area contributed by atoms with E-state index in [1.54, 1.807) is 0 Å². The van der Waals surface area contributed by atoms with Crippen molar-refractivity contribution in [2.75, 3.05) is 13.6 Å². The van der Waals surface area contributed by atoms with Gasteiger partial charge >= 0.3 is 0 Å². The summed E-state index contributed by atoms with van der Waals surface area (Å²) in [5, 5.41) is 8.75. The summed E-state index contributed by atoms with van der Waals surface area (Å²) in [4.78, 5) is 14.3. The fourth-order valence-electron chi connectivity index (χ4n) is 5.67. The highest BCUT2D eigenvalue weighted by atomic mass is 16.2. The average molecular weight is 274 g/mol. The van der Waals surface area contributed by atoms with Crippen molar-refractivity contribution in [3.05, 3.63) is 0 Å². The third-order valence-electron chi connectivity index (χ3n) is 5.93. The summed E-state index contributed by atoms with van der Waals surface area (Å²) < 4.78 is 0. The number of hydrogen-bond acceptors (Lipinski definition) is 2. The molecule has 0 spiro atoms. The van der Waals surface area contributed by atoms with Crippen LogP contribution in [0.4, 0.5) is 0 Å². The first kappa shape index (κ1) is 13.9. The predicted octanol–water partition coefficient (Wildman–Crippen LogP) is 3.21. The first-order valence-electron chi connectivity index (χ1n) is 8.13. The molecule has 4 fully saturated rings. The Morgan fingerprint density at radius 3 is 2.20 bits per heavy atom. The third-order valence-corrected chi connectivity index (χ3v) is 5.93. The minimum atomic E-state index is -0.154. The van der Waals surface area contributed by atoms with Crippen LogP contribution in [0.3, 0.4) is 0 Å². The Balaban J connectivity index is 1.65. The lowest BCUT2D eigenvalue weighted by atomic mass is 9.49. The van der Waals surface area contributed by atoms with Crippen LogP contribution in [-0.2, 0) is 4.79 Å². The van der Waals surface area contributed by atoms with E-state index in [0.717, 1.165) is 24.3 Å². The highest BCUT2D eigenvalue weighted by Crippen LogP contribution is 2.60. The molecule has 4 rings (SSSR count). The van der Waals surface area contributed by atoms with E-state index in [1.807, 2.05) is 18.9 Å². The maximum absolute atomic E-state index is 12.3. The van der Waals surface area contributed by atoms with Crippen LogP contribution in [0.1, 0.15) is 51.9 Å². The minimum absolute atomic E-state index is 0.154. The molecule has 0 N–H and O–H groups in total. The molecule has 1 atom stereocenters. The molecule has 0 radical (unpaired) electrons. The molecule has 4 bridgehead atoms. The number of hydrogen-bond donors (Lipinski definition) is 0. The molecule has 3 nitrogen and oxygen atoms in total. The van der Waals surface area contributed by atoms with Crippen molar-refractivity contribution in [3.63, 3.8) is 0 Å². The summed E-state index contributed by atoms with van der Waals surface area (Å²) in [6.07, 6.45) is 8.69. The minimum Gasteiger partial charge on any atom is -0.345 e. The van der Waals surface area contributed by atoms with E-state index in [2.05, 4.69) is 6.07 Å². The lowest BCUT2D eigenvalue weighted by Crippen LogP contribution is -2.52. The fourth-order valence-corrected chi connectivity index (χ4v) is 5.67. The number of carbonyl (C=O) groups excluding carboxylic acids is 1. The molecule has 4 aliphatic rings. The zero-order valence-electron chi connectivity index (χ0n) is 12.8. The van der Waals surface area contributed by atoms with Gasteiger partial charge < -0.3 is 4.90 Å². The van der Waals surface area contributed by atoms with Crippen LogP contribution in [0.2, 0.25) is 0 Å². The SMILES string of the molecule is CC(CC#N)C(=O)N(C)CC12CC3CC(CC(C3)C1)C2. The number of rotatable bonds is 4. The van der Waals surface area contributed by atoms with Gasteiger partial charge in [0.15, 0.2) is 0 Å². The summed E-state index contributed by atoms with van der Waals surface area (Å²) >= 11 is 0. The Bertz CT molecular complexity index is 401. The van der Waals surface area contributed by atoms with Gasteiger partial charge in [0.05, 0.1) is 6.07 Å². The first-order valence-corrected chi connectivity index (χ1v) is 8.13. The van der Waals surface area contributed by atoms with Crippen LogP contribution in [0.5, 0.6) is 0 Å². The smallest absolute Gasteiger partial charge is 0.226 e. The second-order valence-corrected chi connectivity index (χ2v) is 7.88. The first-order chi connectivity index (χ1) is 9.51. The molecule has 110 valence electrons.